The lowest BCUT2D eigenvalue weighted by molar-refractivity contribution is -0.130. The summed E-state index contributed by atoms with van der Waals surface area (Å²) in [6.45, 7) is 2.21. The third-order valence-corrected chi connectivity index (χ3v) is 5.73. The Morgan fingerprint density at radius 3 is 2.41 bits per heavy atom. The highest BCUT2D eigenvalue weighted by Gasteiger charge is 2.34. The van der Waals surface area contributed by atoms with Crippen molar-refractivity contribution in [3.05, 3.63) is 60.2 Å². The molecule has 0 saturated heterocycles. The summed E-state index contributed by atoms with van der Waals surface area (Å²) in [5.41, 5.74) is 7.76. The average molecular weight is 395 g/mol. The highest BCUT2D eigenvalue weighted by molar-refractivity contribution is 6.17. The van der Waals surface area contributed by atoms with E-state index in [1.54, 1.807) is 31.4 Å². The van der Waals surface area contributed by atoms with Gasteiger partial charge in [0.15, 0.2) is 0 Å². The highest BCUT2D eigenvalue weighted by atomic mass is 16.5. The molecule has 0 heterocycles. The molecule has 1 saturated carbocycles. The molecule has 0 aromatic heterocycles. The number of nitrogens with two attached hydrogens (primary N) is 1. The number of carbonyl (C=O) groups excluding carboxylic acids is 2. The second-order valence-corrected chi connectivity index (χ2v) is 7.97. The van der Waals surface area contributed by atoms with Crippen LogP contribution in [-0.4, -0.2) is 25.0 Å². The summed E-state index contributed by atoms with van der Waals surface area (Å²) in [6, 6.07) is 15.9. The van der Waals surface area contributed by atoms with Gasteiger partial charge in [-0.25, -0.2) is 4.90 Å². The number of nitrogens with zero attached hydrogens (tertiary/aromatic N) is 1. The zero-order valence-electron chi connectivity index (χ0n) is 17.2. The van der Waals surface area contributed by atoms with Crippen molar-refractivity contribution in [2.24, 2.45) is 17.6 Å². The first-order valence-electron chi connectivity index (χ1n) is 10.3. The molecular formula is C24H30N2O3. The fraction of sp³-hybridized carbons (Fsp3) is 0.417. The Hall–Kier alpha value is -2.66. The van der Waals surface area contributed by atoms with Gasteiger partial charge in [-0.3, -0.25) is 9.59 Å². The molecule has 3 rings (SSSR count). The van der Waals surface area contributed by atoms with Crippen molar-refractivity contribution in [1.29, 1.82) is 0 Å². The van der Waals surface area contributed by atoms with Gasteiger partial charge in [0, 0.05) is 12.0 Å². The second kappa shape index (κ2) is 9.70. The van der Waals surface area contributed by atoms with Gasteiger partial charge in [0.25, 0.3) is 5.91 Å². The first-order valence-corrected chi connectivity index (χ1v) is 10.3. The van der Waals surface area contributed by atoms with E-state index < -0.39 is 6.04 Å². The van der Waals surface area contributed by atoms with Crippen molar-refractivity contribution in [3.63, 3.8) is 0 Å². The van der Waals surface area contributed by atoms with E-state index in [2.05, 4.69) is 6.92 Å². The number of amides is 2. The minimum atomic E-state index is -0.796. The molecule has 1 atom stereocenters. The molecule has 2 aromatic rings. The van der Waals surface area contributed by atoms with Gasteiger partial charge >= 0.3 is 0 Å². The number of ether oxygens (including phenoxy) is 1. The Balaban J connectivity index is 1.87. The Labute approximate surface area is 172 Å². The van der Waals surface area contributed by atoms with Crippen molar-refractivity contribution in [1.82, 2.24) is 0 Å². The smallest absolute Gasteiger partial charge is 0.251 e. The lowest BCUT2D eigenvalue weighted by Crippen LogP contribution is -2.50. The molecule has 0 bridgehead atoms. The second-order valence-electron chi connectivity index (χ2n) is 7.97. The quantitative estimate of drug-likeness (QED) is 0.805. The van der Waals surface area contributed by atoms with Crippen LogP contribution >= 0.6 is 0 Å². The molecule has 29 heavy (non-hydrogen) atoms. The van der Waals surface area contributed by atoms with Crippen LogP contribution in [0, 0.1) is 11.8 Å². The maximum Gasteiger partial charge on any atom is 0.251 e. The Morgan fingerprint density at radius 1 is 1.07 bits per heavy atom. The molecule has 1 fully saturated rings. The lowest BCUT2D eigenvalue weighted by atomic mass is 9.82. The molecule has 0 radical (unpaired) electrons. The van der Waals surface area contributed by atoms with E-state index in [0.717, 1.165) is 31.2 Å². The summed E-state index contributed by atoms with van der Waals surface area (Å²) in [7, 11) is 1.57. The van der Waals surface area contributed by atoms with Crippen LogP contribution in [0.2, 0.25) is 0 Å². The molecule has 5 nitrogen and oxygen atoms in total. The standard InChI is InChI=1S/C24H30N2O3/c1-17-11-13-19(14-12-17)23(27)26(20-9-6-10-21(16-20)29-2)24(28)22(25)15-18-7-4-3-5-8-18/h3-10,16-17,19,22H,11-15,25H2,1-2H3. The van der Waals surface area contributed by atoms with E-state index >= 15 is 0 Å². The molecule has 0 aliphatic heterocycles. The largest absolute Gasteiger partial charge is 0.497 e. The van der Waals surface area contributed by atoms with E-state index in [9.17, 15) is 9.59 Å². The van der Waals surface area contributed by atoms with Crippen LogP contribution < -0.4 is 15.4 Å². The van der Waals surface area contributed by atoms with Gasteiger partial charge in [0.2, 0.25) is 5.91 Å². The Kier molecular flexibility index (Phi) is 7.04. The average Bonchev–Trinajstić information content (AvgIpc) is 2.75. The molecule has 1 aliphatic rings. The number of rotatable bonds is 6. The topological polar surface area (TPSA) is 72.6 Å². The minimum Gasteiger partial charge on any atom is -0.497 e. The molecule has 1 unspecified atom stereocenters. The number of carbonyl (C=O) groups is 2. The maximum atomic E-state index is 13.4. The number of hydrogen-bond acceptors (Lipinski definition) is 4. The van der Waals surface area contributed by atoms with Crippen molar-refractivity contribution < 1.29 is 14.3 Å². The van der Waals surface area contributed by atoms with E-state index in [4.69, 9.17) is 10.5 Å². The minimum absolute atomic E-state index is 0.148. The molecule has 2 aromatic carbocycles. The molecular weight excluding hydrogens is 364 g/mol. The molecule has 2 N–H and O–H groups in total. The summed E-state index contributed by atoms with van der Waals surface area (Å²) in [5.74, 6) is 0.553. The van der Waals surface area contributed by atoms with Crippen LogP contribution in [0.1, 0.15) is 38.2 Å². The summed E-state index contributed by atoms with van der Waals surface area (Å²) in [4.78, 5) is 28.0. The van der Waals surface area contributed by atoms with Crippen molar-refractivity contribution in [2.45, 2.75) is 45.1 Å². The van der Waals surface area contributed by atoms with Gasteiger partial charge < -0.3 is 10.5 Å². The summed E-state index contributed by atoms with van der Waals surface area (Å²) < 4.78 is 5.30. The molecule has 1 aliphatic carbocycles. The number of anilines is 1. The van der Waals surface area contributed by atoms with Gasteiger partial charge in [-0.1, -0.05) is 43.3 Å². The summed E-state index contributed by atoms with van der Waals surface area (Å²) in [6.07, 6.45) is 4.01. The van der Waals surface area contributed by atoms with Gasteiger partial charge in [-0.15, -0.1) is 0 Å². The van der Waals surface area contributed by atoms with Crippen LogP contribution in [0.3, 0.4) is 0 Å². The van der Waals surface area contributed by atoms with Crippen molar-refractivity contribution in [2.75, 3.05) is 12.0 Å². The predicted octanol–water partition coefficient (Wildman–Crippen LogP) is 3.95. The number of benzene rings is 2. The zero-order chi connectivity index (χ0) is 20.8. The van der Waals surface area contributed by atoms with Crippen LogP contribution in [0.4, 0.5) is 5.69 Å². The van der Waals surface area contributed by atoms with E-state index in [-0.39, 0.29) is 17.7 Å². The third kappa shape index (κ3) is 5.24. The number of imide groups is 1. The first kappa shape index (κ1) is 21.1. The maximum absolute atomic E-state index is 13.4. The first-order chi connectivity index (χ1) is 14.0. The predicted molar refractivity (Wildman–Crippen MR) is 115 cm³/mol. The summed E-state index contributed by atoms with van der Waals surface area (Å²) >= 11 is 0. The van der Waals surface area contributed by atoms with E-state index in [1.165, 1.54) is 4.90 Å². The Morgan fingerprint density at radius 2 is 1.76 bits per heavy atom. The molecule has 2 amide bonds. The van der Waals surface area contributed by atoms with Crippen molar-refractivity contribution in [3.8, 4) is 5.75 Å². The number of methoxy groups -OCH3 is 1. The fourth-order valence-electron chi connectivity index (χ4n) is 3.92. The molecule has 5 heteroatoms. The van der Waals surface area contributed by atoms with Gasteiger partial charge in [-0.2, -0.15) is 0 Å². The normalized spacial score (nSPS) is 20.0. The van der Waals surface area contributed by atoms with Gasteiger partial charge in [0.05, 0.1) is 18.8 Å². The van der Waals surface area contributed by atoms with Gasteiger partial charge in [-0.05, 0) is 55.7 Å². The van der Waals surface area contributed by atoms with E-state index in [1.807, 2.05) is 30.3 Å². The van der Waals surface area contributed by atoms with Crippen LogP contribution in [0.25, 0.3) is 0 Å². The number of hydrogen-bond donors (Lipinski definition) is 1. The van der Waals surface area contributed by atoms with Crippen molar-refractivity contribution >= 4 is 17.5 Å². The lowest BCUT2D eigenvalue weighted by Gasteiger charge is -2.31. The Bertz CT molecular complexity index is 829. The van der Waals surface area contributed by atoms with Crippen LogP contribution in [-0.2, 0) is 16.0 Å². The van der Waals surface area contributed by atoms with Gasteiger partial charge in [0.1, 0.15) is 5.75 Å². The third-order valence-electron chi connectivity index (χ3n) is 5.73. The zero-order valence-corrected chi connectivity index (χ0v) is 17.2. The summed E-state index contributed by atoms with van der Waals surface area (Å²) in [5, 5.41) is 0. The highest BCUT2D eigenvalue weighted by Crippen LogP contribution is 2.32. The monoisotopic (exact) mass is 394 g/mol. The fourth-order valence-corrected chi connectivity index (χ4v) is 3.92. The van der Waals surface area contributed by atoms with Crippen LogP contribution in [0.15, 0.2) is 54.6 Å². The SMILES string of the molecule is COc1cccc(N(C(=O)C(N)Cc2ccccc2)C(=O)C2CCC(C)CC2)c1. The van der Waals surface area contributed by atoms with E-state index in [0.29, 0.717) is 23.8 Å². The molecule has 0 spiro atoms. The van der Waals surface area contributed by atoms with Crippen LogP contribution in [0.5, 0.6) is 5.75 Å². The molecule has 154 valence electrons.